The lowest BCUT2D eigenvalue weighted by Crippen LogP contribution is -2.30. The second kappa shape index (κ2) is 6.45. The summed E-state index contributed by atoms with van der Waals surface area (Å²) >= 11 is 5.93. The van der Waals surface area contributed by atoms with E-state index in [9.17, 15) is 4.79 Å². The average molecular weight is 347 g/mol. The van der Waals surface area contributed by atoms with E-state index in [-0.39, 0.29) is 5.76 Å². The smallest absolute Gasteiger partial charge is 0.289 e. The highest BCUT2D eigenvalue weighted by molar-refractivity contribution is 6.30. The number of halogens is 1. The molecule has 0 radical (unpaired) electrons. The van der Waals surface area contributed by atoms with Gasteiger partial charge in [-0.15, -0.1) is 0 Å². The largest absolute Gasteiger partial charge is 0.436 e. The fourth-order valence-corrected chi connectivity index (χ4v) is 2.45. The molecule has 8 heteroatoms. The van der Waals surface area contributed by atoms with Crippen molar-refractivity contribution in [2.24, 2.45) is 0 Å². The first-order chi connectivity index (χ1) is 11.4. The summed E-state index contributed by atoms with van der Waals surface area (Å²) in [6.45, 7) is 5.07. The van der Waals surface area contributed by atoms with Gasteiger partial charge in [0.2, 0.25) is 11.7 Å². The molecule has 0 saturated heterocycles. The molecule has 124 valence electrons. The van der Waals surface area contributed by atoms with Gasteiger partial charge in [-0.2, -0.15) is 4.98 Å². The van der Waals surface area contributed by atoms with Crippen LogP contribution in [0.4, 0.5) is 0 Å². The Hall–Kier alpha value is -2.67. The van der Waals surface area contributed by atoms with Crippen LogP contribution in [0.2, 0.25) is 5.02 Å². The van der Waals surface area contributed by atoms with E-state index in [4.69, 9.17) is 20.5 Å². The lowest BCUT2D eigenvalue weighted by molar-refractivity contribution is 0.0911. The van der Waals surface area contributed by atoms with Crippen LogP contribution < -0.4 is 5.32 Å². The Morgan fingerprint density at radius 1 is 1.12 bits per heavy atom. The Morgan fingerprint density at radius 3 is 2.38 bits per heavy atom. The Morgan fingerprint density at radius 2 is 1.83 bits per heavy atom. The number of hydrogen-bond donors (Lipinski definition) is 1. The number of nitrogens with zero attached hydrogens (tertiary/aromatic N) is 3. The van der Waals surface area contributed by atoms with Crippen molar-refractivity contribution >= 4 is 17.5 Å². The van der Waals surface area contributed by atoms with Gasteiger partial charge >= 0.3 is 0 Å². The first-order valence-corrected chi connectivity index (χ1v) is 7.62. The van der Waals surface area contributed by atoms with Gasteiger partial charge in [-0.3, -0.25) is 4.79 Å². The van der Waals surface area contributed by atoms with Crippen LogP contribution in [0, 0.1) is 20.8 Å². The van der Waals surface area contributed by atoms with Crippen LogP contribution in [-0.2, 0) is 0 Å². The Balaban J connectivity index is 1.94. The van der Waals surface area contributed by atoms with Crippen LogP contribution in [0.5, 0.6) is 0 Å². The number of aryl methyl sites for hydroxylation is 3. The fraction of sp³-hybridized carbons (Fsp3) is 0.250. The Kier molecular flexibility index (Phi) is 4.35. The molecule has 1 aromatic carbocycles. The van der Waals surface area contributed by atoms with Crippen molar-refractivity contribution < 1.29 is 13.7 Å². The number of rotatable bonds is 4. The van der Waals surface area contributed by atoms with Gasteiger partial charge in [0.1, 0.15) is 6.04 Å². The molecule has 0 aliphatic heterocycles. The third-order valence-corrected chi connectivity index (χ3v) is 3.64. The SMILES string of the molecule is Cc1nc([C@H](NC(=O)c2oc(C)nc2C)c2ccc(Cl)cc2)no1. The van der Waals surface area contributed by atoms with Gasteiger partial charge < -0.3 is 14.3 Å². The minimum atomic E-state index is -0.600. The molecule has 2 heterocycles. The molecule has 3 rings (SSSR count). The summed E-state index contributed by atoms with van der Waals surface area (Å²) in [5.41, 5.74) is 1.28. The van der Waals surface area contributed by atoms with Gasteiger partial charge in [-0.1, -0.05) is 28.9 Å². The molecule has 0 unspecified atom stereocenters. The maximum atomic E-state index is 12.6. The molecule has 1 N–H and O–H groups in total. The van der Waals surface area contributed by atoms with Crippen molar-refractivity contribution in [3.8, 4) is 0 Å². The summed E-state index contributed by atoms with van der Waals surface area (Å²) in [7, 11) is 0. The van der Waals surface area contributed by atoms with Crippen molar-refractivity contribution in [1.82, 2.24) is 20.4 Å². The molecule has 7 nitrogen and oxygen atoms in total. The standard InChI is InChI=1S/C16H15ClN4O3/c1-8-14(23-9(2)18-8)16(22)20-13(15-19-10(3)24-21-15)11-4-6-12(17)7-5-11/h4-7,13H,1-3H3,(H,20,22)/t13-/m1/s1. The van der Waals surface area contributed by atoms with E-state index in [1.54, 1.807) is 45.0 Å². The first-order valence-electron chi connectivity index (χ1n) is 7.24. The van der Waals surface area contributed by atoms with Crippen LogP contribution in [-0.4, -0.2) is 21.0 Å². The van der Waals surface area contributed by atoms with E-state index in [1.165, 1.54) is 0 Å². The van der Waals surface area contributed by atoms with Crippen molar-refractivity contribution in [2.75, 3.05) is 0 Å². The molecule has 1 amide bonds. The van der Waals surface area contributed by atoms with E-state index in [0.717, 1.165) is 5.56 Å². The Labute approximate surface area is 143 Å². The molecule has 0 bridgehead atoms. The molecule has 2 aromatic heterocycles. The van der Waals surface area contributed by atoms with Crippen molar-refractivity contribution in [2.45, 2.75) is 26.8 Å². The highest BCUT2D eigenvalue weighted by Crippen LogP contribution is 2.23. The average Bonchev–Trinajstić information content (AvgIpc) is 3.11. The summed E-state index contributed by atoms with van der Waals surface area (Å²) in [5, 5.41) is 7.35. The quantitative estimate of drug-likeness (QED) is 0.779. The molecule has 0 fully saturated rings. The number of carbonyl (C=O) groups excluding carboxylic acids is 1. The molecule has 3 aromatic rings. The van der Waals surface area contributed by atoms with Gasteiger partial charge in [-0.05, 0) is 24.6 Å². The monoisotopic (exact) mass is 346 g/mol. The fourth-order valence-electron chi connectivity index (χ4n) is 2.32. The van der Waals surface area contributed by atoms with Crippen molar-refractivity contribution in [3.63, 3.8) is 0 Å². The maximum Gasteiger partial charge on any atom is 0.289 e. The van der Waals surface area contributed by atoms with E-state index < -0.39 is 11.9 Å². The zero-order valence-corrected chi connectivity index (χ0v) is 14.1. The number of oxazole rings is 1. The third-order valence-electron chi connectivity index (χ3n) is 3.39. The zero-order chi connectivity index (χ0) is 17.3. The number of aromatic nitrogens is 3. The van der Waals surface area contributed by atoms with Crippen LogP contribution in [0.3, 0.4) is 0 Å². The number of amides is 1. The van der Waals surface area contributed by atoms with Gasteiger partial charge in [0, 0.05) is 18.9 Å². The molecule has 0 saturated carbocycles. The van der Waals surface area contributed by atoms with E-state index in [2.05, 4.69) is 20.4 Å². The maximum absolute atomic E-state index is 12.6. The predicted octanol–water partition coefficient (Wildman–Crippen LogP) is 3.16. The third kappa shape index (κ3) is 3.30. The second-order valence-corrected chi connectivity index (χ2v) is 5.71. The predicted molar refractivity (Wildman–Crippen MR) is 85.8 cm³/mol. The van der Waals surface area contributed by atoms with E-state index >= 15 is 0 Å². The van der Waals surface area contributed by atoms with Gasteiger partial charge in [0.05, 0.1) is 5.69 Å². The highest BCUT2D eigenvalue weighted by atomic mass is 35.5. The van der Waals surface area contributed by atoms with Gasteiger partial charge in [-0.25, -0.2) is 4.98 Å². The van der Waals surface area contributed by atoms with Crippen LogP contribution >= 0.6 is 11.6 Å². The Bertz CT molecular complexity index is 870. The van der Waals surface area contributed by atoms with E-state index in [1.807, 2.05) is 0 Å². The topological polar surface area (TPSA) is 94.1 Å². The molecule has 1 atom stereocenters. The lowest BCUT2D eigenvalue weighted by Gasteiger charge is -2.15. The number of hydrogen-bond acceptors (Lipinski definition) is 6. The van der Waals surface area contributed by atoms with Crippen molar-refractivity contribution in [1.29, 1.82) is 0 Å². The summed E-state index contributed by atoms with van der Waals surface area (Å²) in [5.74, 6) is 0.931. The molecule has 0 aliphatic carbocycles. The number of benzene rings is 1. The second-order valence-electron chi connectivity index (χ2n) is 5.28. The normalized spacial score (nSPS) is 12.2. The van der Waals surface area contributed by atoms with Crippen LogP contribution in [0.25, 0.3) is 0 Å². The molecule has 0 aliphatic rings. The first kappa shape index (κ1) is 16.2. The summed E-state index contributed by atoms with van der Waals surface area (Å²) < 4.78 is 10.4. The number of nitrogens with one attached hydrogen (secondary N) is 1. The molecule has 0 spiro atoms. The van der Waals surface area contributed by atoms with Crippen LogP contribution in [0.1, 0.15) is 45.5 Å². The zero-order valence-electron chi connectivity index (χ0n) is 13.3. The van der Waals surface area contributed by atoms with E-state index in [0.29, 0.717) is 28.3 Å². The summed E-state index contributed by atoms with van der Waals surface area (Å²) in [6.07, 6.45) is 0. The molecule has 24 heavy (non-hydrogen) atoms. The summed E-state index contributed by atoms with van der Waals surface area (Å²) in [4.78, 5) is 20.9. The molecular formula is C16H15ClN4O3. The highest BCUT2D eigenvalue weighted by Gasteiger charge is 2.25. The molecular weight excluding hydrogens is 332 g/mol. The minimum absolute atomic E-state index is 0.159. The minimum Gasteiger partial charge on any atom is -0.436 e. The van der Waals surface area contributed by atoms with Crippen LogP contribution in [0.15, 0.2) is 33.2 Å². The number of carbonyl (C=O) groups is 1. The lowest BCUT2D eigenvalue weighted by atomic mass is 10.1. The van der Waals surface area contributed by atoms with Gasteiger partial charge in [0.25, 0.3) is 5.91 Å². The van der Waals surface area contributed by atoms with Crippen molar-refractivity contribution in [3.05, 3.63) is 63.9 Å². The van der Waals surface area contributed by atoms with Gasteiger partial charge in [0.15, 0.2) is 11.7 Å². The summed E-state index contributed by atoms with van der Waals surface area (Å²) in [6, 6.07) is 6.44.